The molecule has 3 aromatic carbocycles. The van der Waals surface area contributed by atoms with E-state index in [4.69, 9.17) is 32.7 Å². The molecule has 3 aromatic rings. The molecule has 196 valence electrons. The Balaban J connectivity index is 1.68. The van der Waals surface area contributed by atoms with Crippen LogP contribution in [0.15, 0.2) is 54.1 Å². The van der Waals surface area contributed by atoms with E-state index in [1.165, 1.54) is 6.08 Å². The highest BCUT2D eigenvalue weighted by atomic mass is 127. The standard InChI is InChI=1S/C28H23Cl2IN2O5/c1-4-37-24-12-17(11-22(31)25(24)38-14-18-8-9-19(29)13-21(18)30)10-20-26(34)32-28(36)33(27(20)35)23-7-5-6-15(2)16(23)3/h5-13H,4,14H2,1-3H3,(H,32,34,36)/b20-10+. The monoisotopic (exact) mass is 664 g/mol. The van der Waals surface area contributed by atoms with E-state index in [9.17, 15) is 14.4 Å². The molecule has 38 heavy (non-hydrogen) atoms. The van der Waals surface area contributed by atoms with Crippen LogP contribution >= 0.6 is 45.8 Å². The molecule has 4 rings (SSSR count). The second kappa shape index (κ2) is 11.8. The maximum absolute atomic E-state index is 13.4. The zero-order chi connectivity index (χ0) is 27.6. The first-order valence-electron chi connectivity index (χ1n) is 11.6. The molecule has 0 saturated carbocycles. The predicted molar refractivity (Wildman–Crippen MR) is 156 cm³/mol. The van der Waals surface area contributed by atoms with E-state index in [2.05, 4.69) is 27.9 Å². The van der Waals surface area contributed by atoms with Gasteiger partial charge in [0.05, 0.1) is 15.9 Å². The number of benzene rings is 3. The van der Waals surface area contributed by atoms with Crippen LogP contribution in [0.1, 0.15) is 29.2 Å². The van der Waals surface area contributed by atoms with E-state index in [-0.39, 0.29) is 12.2 Å². The molecule has 1 saturated heterocycles. The smallest absolute Gasteiger partial charge is 0.335 e. The number of carbonyl (C=O) groups excluding carboxylic acids is 3. The van der Waals surface area contributed by atoms with Crippen LogP contribution in [-0.4, -0.2) is 24.5 Å². The van der Waals surface area contributed by atoms with Crippen molar-refractivity contribution in [2.45, 2.75) is 27.4 Å². The van der Waals surface area contributed by atoms with Gasteiger partial charge in [0.1, 0.15) is 12.2 Å². The second-order valence-corrected chi connectivity index (χ2v) is 10.5. The third-order valence-corrected chi connectivity index (χ3v) is 7.34. The zero-order valence-corrected chi connectivity index (χ0v) is 24.4. The van der Waals surface area contributed by atoms with Crippen molar-refractivity contribution in [1.82, 2.24) is 5.32 Å². The Morgan fingerprint density at radius 3 is 2.50 bits per heavy atom. The van der Waals surface area contributed by atoms with Crippen LogP contribution in [0.3, 0.4) is 0 Å². The average molecular weight is 665 g/mol. The van der Waals surface area contributed by atoms with E-state index in [1.807, 2.05) is 26.8 Å². The first-order chi connectivity index (χ1) is 18.1. The minimum Gasteiger partial charge on any atom is -0.490 e. The second-order valence-electron chi connectivity index (χ2n) is 8.46. The van der Waals surface area contributed by atoms with E-state index >= 15 is 0 Å². The van der Waals surface area contributed by atoms with Crippen molar-refractivity contribution in [1.29, 1.82) is 0 Å². The highest BCUT2D eigenvalue weighted by Gasteiger charge is 2.37. The number of rotatable bonds is 7. The van der Waals surface area contributed by atoms with Gasteiger partial charge in [-0.05, 0) is 96.5 Å². The number of anilines is 1. The maximum Gasteiger partial charge on any atom is 0.335 e. The summed E-state index contributed by atoms with van der Waals surface area (Å²) in [5.41, 5.74) is 3.20. The number of hydrogen-bond donors (Lipinski definition) is 1. The number of halogens is 3. The van der Waals surface area contributed by atoms with E-state index in [0.29, 0.717) is 43.0 Å². The van der Waals surface area contributed by atoms with Gasteiger partial charge in [0.25, 0.3) is 11.8 Å². The van der Waals surface area contributed by atoms with Gasteiger partial charge in [0.15, 0.2) is 11.5 Å². The molecule has 0 bridgehead atoms. The van der Waals surface area contributed by atoms with Gasteiger partial charge >= 0.3 is 6.03 Å². The number of amides is 4. The van der Waals surface area contributed by atoms with Gasteiger partial charge in [-0.1, -0.05) is 41.4 Å². The Morgan fingerprint density at radius 2 is 1.79 bits per heavy atom. The minimum absolute atomic E-state index is 0.176. The fourth-order valence-corrected chi connectivity index (χ4v) is 5.13. The lowest BCUT2D eigenvalue weighted by atomic mass is 10.0. The first-order valence-corrected chi connectivity index (χ1v) is 13.4. The van der Waals surface area contributed by atoms with Crippen LogP contribution in [0.5, 0.6) is 11.5 Å². The number of barbiturate groups is 1. The number of urea groups is 1. The molecule has 7 nitrogen and oxygen atoms in total. The van der Waals surface area contributed by atoms with Crippen molar-refractivity contribution in [2.75, 3.05) is 11.5 Å². The molecule has 10 heteroatoms. The lowest BCUT2D eigenvalue weighted by Gasteiger charge is -2.28. The Bertz CT molecular complexity index is 1490. The third-order valence-electron chi connectivity index (χ3n) is 5.95. The fourth-order valence-electron chi connectivity index (χ4n) is 3.88. The third kappa shape index (κ3) is 5.82. The van der Waals surface area contributed by atoms with Crippen LogP contribution in [-0.2, 0) is 16.2 Å². The summed E-state index contributed by atoms with van der Waals surface area (Å²) in [7, 11) is 0. The van der Waals surface area contributed by atoms with E-state index in [0.717, 1.165) is 21.6 Å². The molecule has 0 radical (unpaired) electrons. The molecular weight excluding hydrogens is 642 g/mol. The molecule has 4 amide bonds. The maximum atomic E-state index is 13.4. The molecule has 0 aliphatic carbocycles. The zero-order valence-electron chi connectivity index (χ0n) is 20.7. The lowest BCUT2D eigenvalue weighted by Crippen LogP contribution is -2.54. The summed E-state index contributed by atoms with van der Waals surface area (Å²) < 4.78 is 12.6. The molecule has 1 aliphatic rings. The predicted octanol–water partition coefficient (Wildman–Crippen LogP) is 6.86. The van der Waals surface area contributed by atoms with Crippen LogP contribution in [0.2, 0.25) is 10.0 Å². The van der Waals surface area contributed by atoms with Gasteiger partial charge in [0, 0.05) is 15.6 Å². The molecule has 1 fully saturated rings. The quantitative estimate of drug-likeness (QED) is 0.170. The van der Waals surface area contributed by atoms with Crippen LogP contribution in [0.25, 0.3) is 6.08 Å². The number of hydrogen-bond acceptors (Lipinski definition) is 5. The summed E-state index contributed by atoms with van der Waals surface area (Å²) in [4.78, 5) is 39.7. The summed E-state index contributed by atoms with van der Waals surface area (Å²) in [6.07, 6.45) is 1.44. The molecule has 0 atom stereocenters. The van der Waals surface area contributed by atoms with Gasteiger partial charge in [-0.25, -0.2) is 9.69 Å². The molecule has 0 spiro atoms. The first kappa shape index (κ1) is 27.9. The van der Waals surface area contributed by atoms with Gasteiger partial charge in [-0.15, -0.1) is 0 Å². The lowest BCUT2D eigenvalue weighted by molar-refractivity contribution is -0.122. The Morgan fingerprint density at radius 1 is 1.03 bits per heavy atom. The van der Waals surface area contributed by atoms with Gasteiger partial charge in [-0.3, -0.25) is 14.9 Å². The van der Waals surface area contributed by atoms with Crippen LogP contribution in [0, 0.1) is 17.4 Å². The summed E-state index contributed by atoms with van der Waals surface area (Å²) in [5, 5.41) is 3.28. The normalized spacial score (nSPS) is 14.6. The number of nitrogens with zero attached hydrogens (tertiary/aromatic N) is 1. The molecule has 1 aliphatic heterocycles. The summed E-state index contributed by atoms with van der Waals surface area (Å²) in [5.74, 6) is -0.556. The molecule has 0 aromatic heterocycles. The SMILES string of the molecule is CCOc1cc(/C=C2\C(=O)NC(=O)N(c3cccc(C)c3C)C2=O)cc(I)c1OCc1ccc(Cl)cc1Cl. The number of aryl methyl sites for hydroxylation is 1. The fraction of sp³-hybridized carbons (Fsp3) is 0.179. The number of ether oxygens (including phenoxy) is 2. The molecule has 1 N–H and O–H groups in total. The molecular formula is C28H23Cl2IN2O5. The summed E-state index contributed by atoms with van der Waals surface area (Å²) in [6.45, 7) is 6.08. The topological polar surface area (TPSA) is 84.9 Å². The summed E-state index contributed by atoms with van der Waals surface area (Å²) in [6, 6.07) is 13.1. The van der Waals surface area contributed by atoms with Crippen molar-refractivity contribution in [2.24, 2.45) is 0 Å². The van der Waals surface area contributed by atoms with E-state index < -0.39 is 17.8 Å². The number of carbonyl (C=O) groups is 3. The number of imide groups is 2. The van der Waals surface area contributed by atoms with Crippen molar-refractivity contribution in [3.63, 3.8) is 0 Å². The Hall–Kier alpha value is -3.08. The molecule has 1 heterocycles. The summed E-state index contributed by atoms with van der Waals surface area (Å²) >= 11 is 14.4. The minimum atomic E-state index is -0.792. The van der Waals surface area contributed by atoms with Crippen LogP contribution < -0.4 is 19.7 Å². The van der Waals surface area contributed by atoms with Gasteiger partial charge < -0.3 is 9.47 Å². The highest BCUT2D eigenvalue weighted by Crippen LogP contribution is 2.36. The van der Waals surface area contributed by atoms with Gasteiger partial charge in [0.2, 0.25) is 0 Å². The van der Waals surface area contributed by atoms with Crippen molar-refractivity contribution < 1.29 is 23.9 Å². The van der Waals surface area contributed by atoms with Crippen molar-refractivity contribution in [3.8, 4) is 11.5 Å². The highest BCUT2D eigenvalue weighted by molar-refractivity contribution is 14.1. The largest absolute Gasteiger partial charge is 0.490 e. The molecule has 0 unspecified atom stereocenters. The van der Waals surface area contributed by atoms with E-state index in [1.54, 1.807) is 42.5 Å². The van der Waals surface area contributed by atoms with Gasteiger partial charge in [-0.2, -0.15) is 0 Å². The van der Waals surface area contributed by atoms with Crippen molar-refractivity contribution >= 4 is 75.4 Å². The Labute approximate surface area is 243 Å². The number of nitrogens with one attached hydrogen (secondary N) is 1. The average Bonchev–Trinajstić information content (AvgIpc) is 2.85. The van der Waals surface area contributed by atoms with Crippen molar-refractivity contribution in [3.05, 3.63) is 90.0 Å². The van der Waals surface area contributed by atoms with Crippen LogP contribution in [0.4, 0.5) is 10.5 Å². The Kier molecular flexibility index (Phi) is 8.64.